The molecule has 1 unspecified atom stereocenters. The van der Waals surface area contributed by atoms with E-state index < -0.39 is 10.0 Å². The van der Waals surface area contributed by atoms with Crippen molar-refractivity contribution in [3.8, 4) is 0 Å². The summed E-state index contributed by atoms with van der Waals surface area (Å²) in [5.74, 6) is 0.527. The van der Waals surface area contributed by atoms with Crippen molar-refractivity contribution < 1.29 is 8.42 Å². The molecule has 6 nitrogen and oxygen atoms in total. The summed E-state index contributed by atoms with van der Waals surface area (Å²) in [5.41, 5.74) is 1.21. The van der Waals surface area contributed by atoms with Gasteiger partial charge in [0.1, 0.15) is 0 Å². The van der Waals surface area contributed by atoms with Crippen molar-refractivity contribution in [1.29, 1.82) is 0 Å². The van der Waals surface area contributed by atoms with Gasteiger partial charge < -0.3 is 4.90 Å². The van der Waals surface area contributed by atoms with E-state index in [0.29, 0.717) is 12.5 Å². The Morgan fingerprint density at radius 3 is 3.11 bits per heavy atom. The van der Waals surface area contributed by atoms with Gasteiger partial charge >= 0.3 is 0 Å². The van der Waals surface area contributed by atoms with Crippen LogP contribution in [0.1, 0.15) is 30.9 Å². The highest BCUT2D eigenvalue weighted by atomic mass is 32.2. The quantitative estimate of drug-likeness (QED) is 0.748. The third-order valence-electron chi connectivity index (χ3n) is 3.48. The summed E-state index contributed by atoms with van der Waals surface area (Å²) < 4.78 is 24.4. The Bertz CT molecular complexity index is 472. The molecule has 108 valence electrons. The molecule has 0 bridgehead atoms. The number of rotatable bonds is 6. The maximum Gasteiger partial charge on any atom is 0.208 e. The summed E-state index contributed by atoms with van der Waals surface area (Å²) in [6, 6.07) is 2.04. The van der Waals surface area contributed by atoms with E-state index in [1.54, 1.807) is 6.20 Å². The molecule has 1 atom stereocenters. The van der Waals surface area contributed by atoms with Crippen LogP contribution >= 0.6 is 0 Å². The van der Waals surface area contributed by atoms with Gasteiger partial charge in [-0.25, -0.2) is 13.1 Å². The van der Waals surface area contributed by atoms with Gasteiger partial charge in [-0.2, -0.15) is 5.10 Å². The second kappa shape index (κ2) is 6.49. The minimum Gasteiger partial charge on any atom is -0.303 e. The second-order valence-electron chi connectivity index (χ2n) is 5.17. The maximum absolute atomic E-state index is 11.0. The molecule has 1 aromatic rings. The fraction of sp³-hybridized carbons (Fsp3) is 0.750. The first-order valence-electron chi connectivity index (χ1n) is 6.71. The molecular weight excluding hydrogens is 264 g/mol. The van der Waals surface area contributed by atoms with Crippen LogP contribution < -0.4 is 4.72 Å². The van der Waals surface area contributed by atoms with Crippen LogP contribution in [0.15, 0.2) is 12.3 Å². The van der Waals surface area contributed by atoms with Crippen LogP contribution in [0.4, 0.5) is 0 Å². The largest absolute Gasteiger partial charge is 0.303 e. The zero-order chi connectivity index (χ0) is 13.7. The number of aromatic amines is 1. The van der Waals surface area contributed by atoms with Crippen LogP contribution in [0.25, 0.3) is 0 Å². The van der Waals surface area contributed by atoms with Crippen molar-refractivity contribution in [2.24, 2.45) is 0 Å². The summed E-state index contributed by atoms with van der Waals surface area (Å²) in [6.07, 6.45) is 6.22. The summed E-state index contributed by atoms with van der Waals surface area (Å²) in [5, 5.41) is 7.05. The zero-order valence-electron chi connectivity index (χ0n) is 11.3. The maximum atomic E-state index is 11.0. The number of nitrogens with one attached hydrogen (secondary N) is 2. The highest BCUT2D eigenvalue weighted by Gasteiger charge is 2.21. The molecule has 1 aliphatic rings. The third-order valence-corrected chi connectivity index (χ3v) is 4.21. The topological polar surface area (TPSA) is 78.1 Å². The molecule has 1 saturated heterocycles. The number of hydrogen-bond donors (Lipinski definition) is 2. The summed E-state index contributed by atoms with van der Waals surface area (Å²) in [7, 11) is -3.06. The Kier molecular flexibility index (Phi) is 4.95. The molecule has 0 spiro atoms. The monoisotopic (exact) mass is 286 g/mol. The molecule has 2 heterocycles. The van der Waals surface area contributed by atoms with E-state index in [2.05, 4.69) is 19.8 Å². The summed E-state index contributed by atoms with van der Waals surface area (Å²) in [6.45, 7) is 3.59. The van der Waals surface area contributed by atoms with Gasteiger partial charge in [0.15, 0.2) is 0 Å². The standard InChI is InChI=1S/C12H22N4O2S/c1-19(17,18)14-6-3-9-16-8-2-4-11(10-16)12-5-7-13-15-12/h5,7,11,14H,2-4,6,8-10H2,1H3,(H,13,15). The number of aromatic nitrogens is 2. The molecule has 19 heavy (non-hydrogen) atoms. The van der Waals surface area contributed by atoms with Crippen LogP contribution in [0, 0.1) is 0 Å². The van der Waals surface area contributed by atoms with Crippen LogP contribution in [0.3, 0.4) is 0 Å². The highest BCUT2D eigenvalue weighted by Crippen LogP contribution is 2.24. The van der Waals surface area contributed by atoms with Crippen molar-refractivity contribution in [1.82, 2.24) is 19.8 Å². The average molecular weight is 286 g/mol. The summed E-state index contributed by atoms with van der Waals surface area (Å²) >= 11 is 0. The van der Waals surface area contributed by atoms with Crippen LogP contribution in [0.5, 0.6) is 0 Å². The molecule has 0 aromatic carbocycles. The Morgan fingerprint density at radius 1 is 1.58 bits per heavy atom. The predicted octanol–water partition coefficient (Wildman–Crippen LogP) is 0.528. The van der Waals surface area contributed by atoms with Gasteiger partial charge in [0, 0.05) is 30.9 Å². The van der Waals surface area contributed by atoms with E-state index in [4.69, 9.17) is 0 Å². The van der Waals surface area contributed by atoms with Gasteiger partial charge in [-0.3, -0.25) is 5.10 Å². The number of sulfonamides is 1. The number of nitrogens with zero attached hydrogens (tertiary/aromatic N) is 2. The third kappa shape index (κ3) is 4.93. The minimum atomic E-state index is -3.06. The molecule has 1 fully saturated rings. The van der Waals surface area contributed by atoms with Crippen LogP contribution in [-0.2, 0) is 10.0 Å². The van der Waals surface area contributed by atoms with Gasteiger partial charge in [-0.15, -0.1) is 0 Å². The van der Waals surface area contributed by atoms with Crippen LogP contribution in [-0.4, -0.2) is 55.9 Å². The highest BCUT2D eigenvalue weighted by molar-refractivity contribution is 7.88. The number of piperidine rings is 1. The van der Waals surface area contributed by atoms with E-state index in [1.165, 1.54) is 24.8 Å². The predicted molar refractivity (Wildman–Crippen MR) is 74.5 cm³/mol. The first-order valence-corrected chi connectivity index (χ1v) is 8.60. The van der Waals surface area contributed by atoms with E-state index in [0.717, 1.165) is 26.1 Å². The lowest BCUT2D eigenvalue weighted by Crippen LogP contribution is -2.36. The fourth-order valence-electron chi connectivity index (χ4n) is 2.57. The molecule has 1 aliphatic heterocycles. The Balaban J connectivity index is 1.73. The molecule has 1 aromatic heterocycles. The molecule has 0 radical (unpaired) electrons. The molecule has 7 heteroatoms. The normalized spacial score (nSPS) is 21.6. The molecule has 0 amide bonds. The lowest BCUT2D eigenvalue weighted by Gasteiger charge is -2.32. The van der Waals surface area contributed by atoms with Crippen LogP contribution in [0.2, 0.25) is 0 Å². The van der Waals surface area contributed by atoms with Crippen molar-refractivity contribution in [2.75, 3.05) is 32.4 Å². The van der Waals surface area contributed by atoms with Crippen molar-refractivity contribution >= 4 is 10.0 Å². The van der Waals surface area contributed by atoms with Gasteiger partial charge in [-0.1, -0.05) is 0 Å². The summed E-state index contributed by atoms with van der Waals surface area (Å²) in [4.78, 5) is 2.40. The van der Waals surface area contributed by atoms with Gasteiger partial charge in [0.05, 0.1) is 6.26 Å². The lowest BCUT2D eigenvalue weighted by atomic mass is 9.95. The van der Waals surface area contributed by atoms with Gasteiger partial charge in [-0.05, 0) is 38.4 Å². The van der Waals surface area contributed by atoms with E-state index in [9.17, 15) is 8.42 Å². The molecule has 2 N–H and O–H groups in total. The van der Waals surface area contributed by atoms with Crippen molar-refractivity contribution in [3.05, 3.63) is 18.0 Å². The molecule has 2 rings (SSSR count). The molecule has 0 aliphatic carbocycles. The second-order valence-corrected chi connectivity index (χ2v) is 7.00. The number of likely N-dealkylation sites (tertiary alicyclic amines) is 1. The van der Waals surface area contributed by atoms with Crippen molar-refractivity contribution in [3.63, 3.8) is 0 Å². The molecule has 0 saturated carbocycles. The Morgan fingerprint density at radius 2 is 2.42 bits per heavy atom. The van der Waals surface area contributed by atoms with Gasteiger partial charge in [0.25, 0.3) is 0 Å². The molecular formula is C12H22N4O2S. The lowest BCUT2D eigenvalue weighted by molar-refractivity contribution is 0.204. The van der Waals surface area contributed by atoms with E-state index in [1.807, 2.05) is 6.07 Å². The van der Waals surface area contributed by atoms with E-state index >= 15 is 0 Å². The van der Waals surface area contributed by atoms with Gasteiger partial charge in [0.2, 0.25) is 10.0 Å². The first-order chi connectivity index (χ1) is 9.04. The number of H-pyrrole nitrogens is 1. The minimum absolute atomic E-state index is 0.518. The van der Waals surface area contributed by atoms with E-state index in [-0.39, 0.29) is 0 Å². The SMILES string of the molecule is CS(=O)(=O)NCCCN1CCCC(c2ccn[nH]2)C1. The number of hydrogen-bond acceptors (Lipinski definition) is 4. The Labute approximate surface area is 114 Å². The first kappa shape index (κ1) is 14.5. The smallest absolute Gasteiger partial charge is 0.208 e. The Hall–Kier alpha value is -0.920. The zero-order valence-corrected chi connectivity index (χ0v) is 12.1. The van der Waals surface area contributed by atoms with Crippen molar-refractivity contribution in [2.45, 2.75) is 25.2 Å². The average Bonchev–Trinajstić information content (AvgIpc) is 2.88. The fourth-order valence-corrected chi connectivity index (χ4v) is 3.08.